The zero-order chi connectivity index (χ0) is 13.8. The van der Waals surface area contributed by atoms with Crippen LogP contribution in [-0.2, 0) is 12.8 Å². The largest absolute Gasteiger partial charge is 0.317 e. The third kappa shape index (κ3) is 2.91. The maximum Gasteiger partial charge on any atom is 0.0404 e. The lowest BCUT2D eigenvalue weighted by Gasteiger charge is -2.33. The van der Waals surface area contributed by atoms with E-state index in [9.17, 15) is 0 Å². The summed E-state index contributed by atoms with van der Waals surface area (Å²) in [5.74, 6) is 0.743. The Morgan fingerprint density at radius 2 is 2.05 bits per heavy atom. The van der Waals surface area contributed by atoms with E-state index in [4.69, 9.17) is 0 Å². The van der Waals surface area contributed by atoms with Crippen LogP contribution in [0.15, 0.2) is 48.7 Å². The van der Waals surface area contributed by atoms with Crippen LogP contribution in [0.2, 0.25) is 0 Å². The second-order valence-electron chi connectivity index (χ2n) is 5.68. The smallest absolute Gasteiger partial charge is 0.0404 e. The maximum atomic E-state index is 4.41. The molecule has 0 saturated carbocycles. The lowest BCUT2D eigenvalue weighted by atomic mass is 9.74. The molecule has 0 radical (unpaired) electrons. The molecule has 2 heteroatoms. The number of nitrogens with one attached hydrogen (secondary N) is 1. The fourth-order valence-electron chi connectivity index (χ4n) is 3.16. The van der Waals surface area contributed by atoms with Gasteiger partial charge in [-0.25, -0.2) is 0 Å². The van der Waals surface area contributed by atoms with Crippen LogP contribution in [0, 0.1) is 0 Å². The monoisotopic (exact) mass is 266 g/mol. The van der Waals surface area contributed by atoms with Crippen LogP contribution in [0.5, 0.6) is 0 Å². The van der Waals surface area contributed by atoms with Gasteiger partial charge < -0.3 is 5.32 Å². The summed E-state index contributed by atoms with van der Waals surface area (Å²) in [7, 11) is 2.08. The van der Waals surface area contributed by atoms with Crippen molar-refractivity contribution in [2.24, 2.45) is 0 Å². The van der Waals surface area contributed by atoms with Gasteiger partial charge in [-0.1, -0.05) is 30.3 Å². The minimum atomic E-state index is 0.579. The van der Waals surface area contributed by atoms with E-state index < -0.39 is 0 Å². The van der Waals surface area contributed by atoms with Gasteiger partial charge >= 0.3 is 0 Å². The molecule has 2 unspecified atom stereocenters. The van der Waals surface area contributed by atoms with Gasteiger partial charge in [-0.15, -0.1) is 0 Å². The van der Waals surface area contributed by atoms with Crippen molar-refractivity contribution in [2.45, 2.75) is 37.6 Å². The molecule has 2 nitrogen and oxygen atoms in total. The van der Waals surface area contributed by atoms with E-state index in [0.717, 1.165) is 18.8 Å². The highest BCUT2D eigenvalue weighted by Crippen LogP contribution is 2.38. The molecule has 1 heterocycles. The van der Waals surface area contributed by atoms with E-state index in [1.165, 1.54) is 24.1 Å². The quantitative estimate of drug-likeness (QED) is 0.867. The molecule has 2 aromatic rings. The molecule has 1 aromatic carbocycles. The fraction of sp³-hybridized carbons (Fsp3) is 0.389. The zero-order valence-corrected chi connectivity index (χ0v) is 12.0. The van der Waals surface area contributed by atoms with Crippen LogP contribution < -0.4 is 5.32 Å². The number of nitrogens with zero attached hydrogens (tertiary/aromatic N) is 1. The Kier molecular flexibility index (Phi) is 4.12. The maximum absolute atomic E-state index is 4.41. The molecular weight excluding hydrogens is 244 g/mol. The van der Waals surface area contributed by atoms with E-state index in [1.54, 1.807) is 5.56 Å². The Hall–Kier alpha value is -1.67. The highest BCUT2D eigenvalue weighted by atomic mass is 14.9. The number of fused-ring (bicyclic) bond motifs is 1. The zero-order valence-electron chi connectivity index (χ0n) is 12.0. The molecule has 0 amide bonds. The van der Waals surface area contributed by atoms with Gasteiger partial charge in [-0.05, 0) is 61.9 Å². The number of aryl methyl sites for hydroxylation is 1. The van der Waals surface area contributed by atoms with Crippen LogP contribution in [0.4, 0.5) is 0 Å². The standard InChI is InChI=1S/C18H22N2/c1-19-17(10-9-16-7-4-5-11-20-16)13-15-12-14-6-2-3-8-18(14)15/h2-8,11,15,17,19H,9-10,12-13H2,1H3. The van der Waals surface area contributed by atoms with E-state index >= 15 is 0 Å². The van der Waals surface area contributed by atoms with E-state index in [0.29, 0.717) is 6.04 Å². The van der Waals surface area contributed by atoms with Gasteiger partial charge in [0, 0.05) is 17.9 Å². The topological polar surface area (TPSA) is 24.9 Å². The minimum Gasteiger partial charge on any atom is -0.317 e. The molecule has 1 aromatic heterocycles. The van der Waals surface area contributed by atoms with Crippen molar-refractivity contribution in [1.82, 2.24) is 10.3 Å². The number of benzene rings is 1. The third-order valence-electron chi connectivity index (χ3n) is 4.41. The molecule has 1 N–H and O–H groups in total. The SMILES string of the molecule is CNC(CCc1ccccn1)CC1Cc2ccccc21. The van der Waals surface area contributed by atoms with E-state index in [2.05, 4.69) is 53.7 Å². The summed E-state index contributed by atoms with van der Waals surface area (Å²) in [4.78, 5) is 4.41. The number of rotatable bonds is 6. The molecule has 3 rings (SSSR count). The fourth-order valence-corrected chi connectivity index (χ4v) is 3.16. The summed E-state index contributed by atoms with van der Waals surface area (Å²) >= 11 is 0. The molecule has 0 spiro atoms. The summed E-state index contributed by atoms with van der Waals surface area (Å²) in [6, 6.07) is 15.6. The third-order valence-corrected chi connectivity index (χ3v) is 4.41. The second kappa shape index (κ2) is 6.19. The molecule has 20 heavy (non-hydrogen) atoms. The van der Waals surface area contributed by atoms with Crippen molar-refractivity contribution < 1.29 is 0 Å². The molecule has 1 aliphatic rings. The van der Waals surface area contributed by atoms with Gasteiger partial charge in [0.05, 0.1) is 0 Å². The van der Waals surface area contributed by atoms with Crippen LogP contribution in [-0.4, -0.2) is 18.1 Å². The normalized spacial score (nSPS) is 18.1. The minimum absolute atomic E-state index is 0.579. The van der Waals surface area contributed by atoms with Crippen molar-refractivity contribution in [3.05, 3.63) is 65.5 Å². The Bertz CT molecular complexity index is 550. The molecule has 1 aliphatic carbocycles. The second-order valence-corrected chi connectivity index (χ2v) is 5.68. The Labute approximate surface area is 121 Å². The number of pyridine rings is 1. The number of hydrogen-bond donors (Lipinski definition) is 1. The van der Waals surface area contributed by atoms with Crippen LogP contribution in [0.3, 0.4) is 0 Å². The number of aromatic nitrogens is 1. The highest BCUT2D eigenvalue weighted by molar-refractivity contribution is 5.39. The first-order valence-electron chi connectivity index (χ1n) is 7.52. The summed E-state index contributed by atoms with van der Waals surface area (Å²) in [6.45, 7) is 0. The van der Waals surface area contributed by atoms with Crippen molar-refractivity contribution in [3.8, 4) is 0 Å². The van der Waals surface area contributed by atoms with Crippen molar-refractivity contribution in [3.63, 3.8) is 0 Å². The molecule has 104 valence electrons. The summed E-state index contributed by atoms with van der Waals surface area (Å²) in [5.41, 5.74) is 4.30. The lowest BCUT2D eigenvalue weighted by molar-refractivity contribution is 0.419. The van der Waals surface area contributed by atoms with Crippen molar-refractivity contribution in [2.75, 3.05) is 7.05 Å². The van der Waals surface area contributed by atoms with Crippen molar-refractivity contribution in [1.29, 1.82) is 0 Å². The number of hydrogen-bond acceptors (Lipinski definition) is 2. The average molecular weight is 266 g/mol. The van der Waals surface area contributed by atoms with Gasteiger partial charge in [0.2, 0.25) is 0 Å². The Balaban J connectivity index is 1.54. The van der Waals surface area contributed by atoms with Gasteiger partial charge in [0.1, 0.15) is 0 Å². The van der Waals surface area contributed by atoms with Gasteiger partial charge in [-0.2, -0.15) is 0 Å². The molecular formula is C18H22N2. The van der Waals surface area contributed by atoms with Gasteiger partial charge in [0.25, 0.3) is 0 Å². The lowest BCUT2D eigenvalue weighted by Crippen LogP contribution is -2.31. The molecule has 0 saturated heterocycles. The molecule has 2 atom stereocenters. The van der Waals surface area contributed by atoms with Crippen LogP contribution >= 0.6 is 0 Å². The van der Waals surface area contributed by atoms with Crippen LogP contribution in [0.25, 0.3) is 0 Å². The predicted molar refractivity (Wildman–Crippen MR) is 82.9 cm³/mol. The first kappa shape index (κ1) is 13.3. The highest BCUT2D eigenvalue weighted by Gasteiger charge is 2.27. The first-order chi connectivity index (χ1) is 9.86. The Morgan fingerprint density at radius 3 is 2.80 bits per heavy atom. The first-order valence-corrected chi connectivity index (χ1v) is 7.52. The summed E-state index contributed by atoms with van der Waals surface area (Å²) < 4.78 is 0. The van der Waals surface area contributed by atoms with E-state index in [-0.39, 0.29) is 0 Å². The molecule has 0 aliphatic heterocycles. The molecule has 0 fully saturated rings. The van der Waals surface area contributed by atoms with E-state index in [1.807, 2.05) is 12.3 Å². The molecule has 0 bridgehead atoms. The summed E-state index contributed by atoms with van der Waals surface area (Å²) in [6.07, 6.45) is 6.58. The van der Waals surface area contributed by atoms with Gasteiger partial charge in [-0.3, -0.25) is 4.98 Å². The Morgan fingerprint density at radius 1 is 1.20 bits per heavy atom. The van der Waals surface area contributed by atoms with Crippen LogP contribution in [0.1, 0.15) is 35.6 Å². The van der Waals surface area contributed by atoms with Crippen molar-refractivity contribution >= 4 is 0 Å². The summed E-state index contributed by atoms with van der Waals surface area (Å²) in [5, 5.41) is 3.47. The average Bonchev–Trinajstić information content (AvgIpc) is 2.49. The van der Waals surface area contributed by atoms with Gasteiger partial charge in [0.15, 0.2) is 0 Å². The predicted octanol–water partition coefficient (Wildman–Crippen LogP) is 3.33.